The SMILES string of the molecule is Cc1ccc(C(=O)NC2C3CCCC2CC(N)C3)c(F)c1. The van der Waals surface area contributed by atoms with Crippen molar-refractivity contribution in [3.63, 3.8) is 0 Å². The van der Waals surface area contributed by atoms with Gasteiger partial charge in [0.2, 0.25) is 0 Å². The number of benzene rings is 1. The predicted molar refractivity (Wildman–Crippen MR) is 80.4 cm³/mol. The number of carbonyl (C=O) groups is 1. The summed E-state index contributed by atoms with van der Waals surface area (Å²) < 4.78 is 13.9. The summed E-state index contributed by atoms with van der Waals surface area (Å²) in [6.07, 6.45) is 5.39. The van der Waals surface area contributed by atoms with E-state index in [9.17, 15) is 9.18 Å². The van der Waals surface area contributed by atoms with E-state index >= 15 is 0 Å². The topological polar surface area (TPSA) is 55.1 Å². The van der Waals surface area contributed by atoms with E-state index in [-0.39, 0.29) is 23.6 Å². The fourth-order valence-electron chi connectivity index (χ4n) is 4.06. The van der Waals surface area contributed by atoms with Crippen molar-refractivity contribution in [2.75, 3.05) is 0 Å². The van der Waals surface area contributed by atoms with Crippen LogP contribution in [0.4, 0.5) is 4.39 Å². The first-order valence-corrected chi connectivity index (χ1v) is 7.87. The van der Waals surface area contributed by atoms with Crippen LogP contribution in [0.5, 0.6) is 0 Å². The highest BCUT2D eigenvalue weighted by Crippen LogP contribution is 2.39. The second-order valence-corrected chi connectivity index (χ2v) is 6.67. The minimum atomic E-state index is -0.440. The number of hydrogen-bond donors (Lipinski definition) is 2. The number of fused-ring (bicyclic) bond motifs is 2. The Hall–Kier alpha value is -1.42. The lowest BCUT2D eigenvalue weighted by Gasteiger charge is -2.45. The highest BCUT2D eigenvalue weighted by Gasteiger charge is 2.40. The molecule has 2 aliphatic rings. The number of nitrogens with two attached hydrogens (primary N) is 1. The molecule has 2 fully saturated rings. The number of amides is 1. The smallest absolute Gasteiger partial charge is 0.254 e. The molecule has 2 unspecified atom stereocenters. The van der Waals surface area contributed by atoms with E-state index in [1.807, 2.05) is 6.92 Å². The molecular formula is C17H23FN2O. The molecule has 0 saturated heterocycles. The van der Waals surface area contributed by atoms with Gasteiger partial charge in [-0.05, 0) is 62.1 Å². The van der Waals surface area contributed by atoms with Crippen LogP contribution in [0.2, 0.25) is 0 Å². The van der Waals surface area contributed by atoms with Gasteiger partial charge in [0.25, 0.3) is 5.91 Å². The maximum absolute atomic E-state index is 13.9. The first kappa shape index (κ1) is 14.5. The highest BCUT2D eigenvalue weighted by atomic mass is 19.1. The van der Waals surface area contributed by atoms with E-state index in [4.69, 9.17) is 5.73 Å². The molecule has 2 aliphatic carbocycles. The summed E-state index contributed by atoms with van der Waals surface area (Å²) in [6.45, 7) is 1.82. The van der Waals surface area contributed by atoms with Crippen LogP contribution >= 0.6 is 0 Å². The van der Waals surface area contributed by atoms with Gasteiger partial charge in [0.05, 0.1) is 5.56 Å². The molecule has 1 aromatic carbocycles. The van der Waals surface area contributed by atoms with Gasteiger partial charge in [0.1, 0.15) is 5.82 Å². The van der Waals surface area contributed by atoms with Crippen molar-refractivity contribution < 1.29 is 9.18 Å². The molecule has 3 nitrogen and oxygen atoms in total. The van der Waals surface area contributed by atoms with Crippen molar-refractivity contribution in [2.45, 2.75) is 51.1 Å². The third-order valence-electron chi connectivity index (χ3n) is 5.04. The number of halogens is 1. The fourth-order valence-corrected chi connectivity index (χ4v) is 4.06. The van der Waals surface area contributed by atoms with Crippen LogP contribution in [0.15, 0.2) is 18.2 Å². The van der Waals surface area contributed by atoms with Crippen LogP contribution < -0.4 is 11.1 Å². The lowest BCUT2D eigenvalue weighted by atomic mass is 9.67. The van der Waals surface area contributed by atoms with Crippen molar-refractivity contribution in [2.24, 2.45) is 17.6 Å². The van der Waals surface area contributed by atoms with Gasteiger partial charge in [-0.15, -0.1) is 0 Å². The summed E-state index contributed by atoms with van der Waals surface area (Å²) in [5.41, 5.74) is 7.07. The molecule has 3 rings (SSSR count). The lowest BCUT2D eigenvalue weighted by molar-refractivity contribution is 0.0752. The third kappa shape index (κ3) is 2.95. The Bertz CT molecular complexity index is 532. The predicted octanol–water partition coefficient (Wildman–Crippen LogP) is 2.77. The van der Waals surface area contributed by atoms with Crippen LogP contribution in [0.25, 0.3) is 0 Å². The summed E-state index contributed by atoms with van der Waals surface area (Å²) in [6, 6.07) is 5.17. The number of nitrogens with one attached hydrogen (secondary N) is 1. The fraction of sp³-hybridized carbons (Fsp3) is 0.588. The average Bonchev–Trinajstić information content (AvgIpc) is 2.39. The average molecular weight is 290 g/mol. The highest BCUT2D eigenvalue weighted by molar-refractivity contribution is 5.94. The molecule has 0 spiro atoms. The summed E-state index contributed by atoms with van der Waals surface area (Å²) >= 11 is 0. The van der Waals surface area contributed by atoms with Crippen molar-refractivity contribution in [1.82, 2.24) is 5.32 Å². The van der Waals surface area contributed by atoms with E-state index in [0.29, 0.717) is 11.8 Å². The summed E-state index contributed by atoms with van der Waals surface area (Å²) in [5.74, 6) is 0.171. The maximum atomic E-state index is 13.9. The number of hydrogen-bond acceptors (Lipinski definition) is 2. The molecule has 4 heteroatoms. The van der Waals surface area contributed by atoms with Gasteiger partial charge in [0.15, 0.2) is 0 Å². The van der Waals surface area contributed by atoms with Gasteiger partial charge in [-0.3, -0.25) is 4.79 Å². The first-order valence-electron chi connectivity index (χ1n) is 7.87. The van der Waals surface area contributed by atoms with Crippen LogP contribution in [0, 0.1) is 24.6 Å². The van der Waals surface area contributed by atoms with Gasteiger partial charge >= 0.3 is 0 Å². The quantitative estimate of drug-likeness (QED) is 0.880. The van der Waals surface area contributed by atoms with Gasteiger partial charge in [0, 0.05) is 12.1 Å². The van der Waals surface area contributed by atoms with Gasteiger partial charge in [-0.1, -0.05) is 12.5 Å². The Morgan fingerprint density at radius 2 is 1.95 bits per heavy atom. The van der Waals surface area contributed by atoms with Crippen molar-refractivity contribution >= 4 is 5.91 Å². The van der Waals surface area contributed by atoms with Gasteiger partial charge in [-0.2, -0.15) is 0 Å². The molecule has 0 heterocycles. The lowest BCUT2D eigenvalue weighted by Crippen LogP contribution is -2.53. The van der Waals surface area contributed by atoms with Gasteiger partial charge in [-0.25, -0.2) is 4.39 Å². The second-order valence-electron chi connectivity index (χ2n) is 6.67. The van der Waals surface area contributed by atoms with Gasteiger partial charge < -0.3 is 11.1 Å². The van der Waals surface area contributed by atoms with Crippen LogP contribution in [0.3, 0.4) is 0 Å². The molecule has 1 amide bonds. The molecule has 2 atom stereocenters. The van der Waals surface area contributed by atoms with Crippen molar-refractivity contribution in [3.05, 3.63) is 35.1 Å². The van der Waals surface area contributed by atoms with Crippen LogP contribution in [0.1, 0.15) is 48.0 Å². The van der Waals surface area contributed by atoms with E-state index in [1.54, 1.807) is 12.1 Å². The normalized spacial score (nSPS) is 31.8. The number of rotatable bonds is 2. The number of aryl methyl sites for hydroxylation is 1. The first-order chi connectivity index (χ1) is 10.0. The van der Waals surface area contributed by atoms with Crippen LogP contribution in [-0.4, -0.2) is 18.0 Å². The van der Waals surface area contributed by atoms with E-state index in [2.05, 4.69) is 5.32 Å². The van der Waals surface area contributed by atoms with E-state index in [1.165, 1.54) is 12.5 Å². The maximum Gasteiger partial charge on any atom is 0.254 e. The van der Waals surface area contributed by atoms with Crippen LogP contribution in [-0.2, 0) is 0 Å². The molecule has 3 N–H and O–H groups in total. The largest absolute Gasteiger partial charge is 0.349 e. The minimum Gasteiger partial charge on any atom is -0.349 e. The zero-order valence-electron chi connectivity index (χ0n) is 12.4. The third-order valence-corrected chi connectivity index (χ3v) is 5.04. The Morgan fingerprint density at radius 3 is 2.57 bits per heavy atom. The summed E-state index contributed by atoms with van der Waals surface area (Å²) in [5, 5.41) is 3.08. The summed E-state index contributed by atoms with van der Waals surface area (Å²) in [4.78, 5) is 12.4. The monoisotopic (exact) mass is 290 g/mol. The number of carbonyl (C=O) groups excluding carboxylic acids is 1. The molecule has 21 heavy (non-hydrogen) atoms. The van der Waals surface area contributed by atoms with E-state index in [0.717, 1.165) is 31.2 Å². The van der Waals surface area contributed by atoms with Crippen molar-refractivity contribution in [3.8, 4) is 0 Å². The Kier molecular flexibility index (Phi) is 3.98. The molecule has 114 valence electrons. The Morgan fingerprint density at radius 1 is 1.29 bits per heavy atom. The standard InChI is InChI=1S/C17H23FN2O/c1-10-5-6-14(15(18)7-10)17(21)20-16-11-3-2-4-12(16)9-13(19)8-11/h5-7,11-13,16H,2-4,8-9,19H2,1H3,(H,20,21). The Balaban J connectivity index is 1.75. The summed E-state index contributed by atoms with van der Waals surface area (Å²) in [7, 11) is 0. The molecule has 2 saturated carbocycles. The zero-order valence-corrected chi connectivity index (χ0v) is 12.4. The zero-order chi connectivity index (χ0) is 15.0. The van der Waals surface area contributed by atoms with Crippen molar-refractivity contribution in [1.29, 1.82) is 0 Å². The molecule has 1 aromatic rings. The molecule has 0 aromatic heterocycles. The second kappa shape index (κ2) is 5.76. The minimum absolute atomic E-state index is 0.147. The van der Waals surface area contributed by atoms with E-state index < -0.39 is 5.82 Å². The molecule has 0 radical (unpaired) electrons. The molecule has 2 bridgehead atoms. The molecular weight excluding hydrogens is 267 g/mol. The Labute approximate surface area is 125 Å². The molecule has 0 aliphatic heterocycles.